The minimum absolute atomic E-state index is 0.266. The maximum absolute atomic E-state index is 13.1. The van der Waals surface area contributed by atoms with Crippen LogP contribution in [0.2, 0.25) is 0 Å². The molecule has 1 aliphatic rings. The molecule has 58 heavy (non-hydrogen) atoms. The Morgan fingerprint density at radius 3 is 1.28 bits per heavy atom. The predicted octanol–water partition coefficient (Wildman–Crippen LogP) is 8.28. The molecule has 0 aromatic carbocycles. The van der Waals surface area contributed by atoms with Crippen LogP contribution in [-0.2, 0) is 14.3 Å². The van der Waals surface area contributed by atoms with Crippen molar-refractivity contribution in [3.63, 3.8) is 0 Å². The summed E-state index contributed by atoms with van der Waals surface area (Å²) >= 11 is 0. The van der Waals surface area contributed by atoms with E-state index in [1.54, 1.807) is 0 Å². The summed E-state index contributed by atoms with van der Waals surface area (Å²) in [5, 5.41) is 75.7. The molecule has 0 aromatic rings. The smallest absolute Gasteiger partial charge is 0.249 e. The maximum Gasteiger partial charge on any atom is 0.249 e. The van der Waals surface area contributed by atoms with Gasteiger partial charge in [-0.05, 0) is 12.8 Å². The summed E-state index contributed by atoms with van der Waals surface area (Å²) in [6.07, 6.45) is 27.2. The van der Waals surface area contributed by atoms with E-state index in [0.717, 1.165) is 38.5 Å². The molecule has 0 spiro atoms. The monoisotopic (exact) mass is 832 g/mol. The van der Waals surface area contributed by atoms with E-state index in [4.69, 9.17) is 9.47 Å². The van der Waals surface area contributed by atoms with Crippen LogP contribution in [0.5, 0.6) is 0 Å². The number of carbonyl (C=O) groups is 1. The van der Waals surface area contributed by atoms with E-state index in [9.17, 15) is 40.5 Å². The van der Waals surface area contributed by atoms with Crippen molar-refractivity contribution in [3.05, 3.63) is 0 Å². The first-order valence-corrected chi connectivity index (χ1v) is 24.4. The quantitative estimate of drug-likeness (QED) is 0.0279. The number of aliphatic hydroxyl groups is 7. The fourth-order valence-corrected chi connectivity index (χ4v) is 8.09. The average Bonchev–Trinajstić information content (AvgIpc) is 3.22. The summed E-state index contributed by atoms with van der Waals surface area (Å²) in [5.74, 6) is -0.693. The highest BCUT2D eigenvalue weighted by Gasteiger charge is 2.44. The fraction of sp³-hybridized carbons (Fsp3) is 0.979. The molecule has 1 fully saturated rings. The van der Waals surface area contributed by atoms with Crippen LogP contribution in [0.3, 0.4) is 0 Å². The second-order valence-electron chi connectivity index (χ2n) is 17.5. The molecule has 0 aromatic heterocycles. The molecule has 0 bridgehead atoms. The fourth-order valence-electron chi connectivity index (χ4n) is 8.09. The molecule has 8 N–H and O–H groups in total. The molecule has 9 unspecified atom stereocenters. The second-order valence-corrected chi connectivity index (χ2v) is 17.5. The molecule has 11 nitrogen and oxygen atoms in total. The van der Waals surface area contributed by atoms with Gasteiger partial charge in [0, 0.05) is 0 Å². The molecule has 0 saturated carbocycles. The van der Waals surface area contributed by atoms with Gasteiger partial charge in [0.1, 0.15) is 36.6 Å². The van der Waals surface area contributed by atoms with Gasteiger partial charge in [-0.25, -0.2) is 0 Å². The van der Waals surface area contributed by atoms with Crippen LogP contribution in [0.25, 0.3) is 0 Å². The van der Waals surface area contributed by atoms with Gasteiger partial charge in [0.25, 0.3) is 0 Å². The Kier molecular flexibility index (Phi) is 36.0. The topological polar surface area (TPSA) is 189 Å². The number of unbranched alkanes of at least 4 members (excludes halogenated alkanes) is 29. The van der Waals surface area contributed by atoms with Crippen molar-refractivity contribution >= 4 is 5.91 Å². The summed E-state index contributed by atoms with van der Waals surface area (Å²) < 4.78 is 11.1. The molecule has 11 heteroatoms. The lowest BCUT2D eigenvalue weighted by atomic mass is 9.98. The van der Waals surface area contributed by atoms with E-state index in [1.165, 1.54) is 148 Å². The Bertz CT molecular complexity index is 913. The molecule has 1 heterocycles. The molecule has 1 rings (SSSR count). The third kappa shape index (κ3) is 27.1. The van der Waals surface area contributed by atoms with E-state index in [-0.39, 0.29) is 6.42 Å². The minimum atomic E-state index is -1.66. The first-order valence-electron chi connectivity index (χ1n) is 24.4. The standard InChI is InChI=1S/C47H93NO10/c1-3-5-7-9-11-13-15-17-18-19-20-21-22-23-25-27-29-31-33-35-40(51)46(56)48-38(37-57-47-45(55)44(54)43(53)41(36-49)58-47)42(52)39(50)34-32-30-28-26-24-16-14-12-10-8-6-4-2/h38-45,47,49-55H,3-37H2,1-2H3,(H,48,56). The molecule has 1 saturated heterocycles. The van der Waals surface area contributed by atoms with Gasteiger partial charge in [0.05, 0.1) is 25.4 Å². The van der Waals surface area contributed by atoms with Crippen molar-refractivity contribution < 1.29 is 50.0 Å². The van der Waals surface area contributed by atoms with Gasteiger partial charge >= 0.3 is 0 Å². The van der Waals surface area contributed by atoms with Crippen molar-refractivity contribution in [1.29, 1.82) is 0 Å². The van der Waals surface area contributed by atoms with Crippen LogP contribution in [0.4, 0.5) is 0 Å². The van der Waals surface area contributed by atoms with Crippen molar-refractivity contribution in [2.75, 3.05) is 13.2 Å². The Morgan fingerprint density at radius 2 is 0.897 bits per heavy atom. The zero-order chi connectivity index (χ0) is 42.6. The number of carbonyl (C=O) groups excluding carboxylic acids is 1. The van der Waals surface area contributed by atoms with Crippen LogP contribution < -0.4 is 5.32 Å². The van der Waals surface area contributed by atoms with Crippen molar-refractivity contribution in [3.8, 4) is 0 Å². The highest BCUT2D eigenvalue weighted by molar-refractivity contribution is 5.80. The summed E-state index contributed by atoms with van der Waals surface area (Å²) in [7, 11) is 0. The van der Waals surface area contributed by atoms with Crippen LogP contribution >= 0.6 is 0 Å². The van der Waals surface area contributed by atoms with E-state index in [0.29, 0.717) is 19.3 Å². The molecular weight excluding hydrogens is 739 g/mol. The summed E-state index contributed by atoms with van der Waals surface area (Å²) in [5.41, 5.74) is 0. The van der Waals surface area contributed by atoms with Crippen LogP contribution in [0.1, 0.15) is 226 Å². The lowest BCUT2D eigenvalue weighted by Gasteiger charge is -2.40. The van der Waals surface area contributed by atoms with Crippen LogP contribution in [0, 0.1) is 0 Å². The van der Waals surface area contributed by atoms with Crippen LogP contribution in [-0.4, -0.2) is 110 Å². The molecule has 1 aliphatic heterocycles. The molecule has 346 valence electrons. The van der Waals surface area contributed by atoms with Gasteiger partial charge in [-0.2, -0.15) is 0 Å². The first-order chi connectivity index (χ1) is 28.2. The number of amides is 1. The summed E-state index contributed by atoms with van der Waals surface area (Å²) in [4.78, 5) is 13.1. The van der Waals surface area contributed by atoms with E-state index >= 15 is 0 Å². The third-order valence-corrected chi connectivity index (χ3v) is 12.2. The number of aliphatic hydroxyl groups excluding tert-OH is 7. The summed E-state index contributed by atoms with van der Waals surface area (Å²) in [6, 6.07) is -1.16. The lowest BCUT2D eigenvalue weighted by Crippen LogP contribution is -2.60. The molecule has 0 aliphatic carbocycles. The third-order valence-electron chi connectivity index (χ3n) is 12.2. The van der Waals surface area contributed by atoms with Gasteiger partial charge < -0.3 is 50.5 Å². The summed E-state index contributed by atoms with van der Waals surface area (Å²) in [6.45, 7) is 3.45. The van der Waals surface area contributed by atoms with E-state index in [1.807, 2.05) is 0 Å². The minimum Gasteiger partial charge on any atom is -0.394 e. The second kappa shape index (κ2) is 37.8. The SMILES string of the molecule is CCCCCCCCCCCCCCCCCCCCCC(O)C(=O)NC(COC1OC(CO)C(O)C(O)C1O)C(O)C(O)CCCCCCCCCCCCCC. The van der Waals surface area contributed by atoms with Gasteiger partial charge in [-0.1, -0.05) is 213 Å². The number of hydrogen-bond acceptors (Lipinski definition) is 10. The van der Waals surface area contributed by atoms with Crippen molar-refractivity contribution in [1.82, 2.24) is 5.32 Å². The Labute approximate surface area is 354 Å². The Morgan fingerprint density at radius 1 is 0.534 bits per heavy atom. The first kappa shape index (κ1) is 55.1. The number of nitrogens with one attached hydrogen (secondary N) is 1. The zero-order valence-corrected chi connectivity index (χ0v) is 37.3. The van der Waals surface area contributed by atoms with E-state index in [2.05, 4.69) is 19.2 Å². The van der Waals surface area contributed by atoms with Gasteiger partial charge in [-0.15, -0.1) is 0 Å². The van der Waals surface area contributed by atoms with Crippen LogP contribution in [0.15, 0.2) is 0 Å². The Balaban J connectivity index is 2.39. The molecule has 1 amide bonds. The number of hydrogen-bond donors (Lipinski definition) is 8. The molecular formula is C47H93NO10. The molecule has 0 radical (unpaired) electrons. The normalized spacial score (nSPS) is 21.8. The van der Waals surface area contributed by atoms with Gasteiger partial charge in [-0.3, -0.25) is 4.79 Å². The lowest BCUT2D eigenvalue weighted by molar-refractivity contribution is -0.303. The zero-order valence-electron chi connectivity index (χ0n) is 37.3. The van der Waals surface area contributed by atoms with Gasteiger partial charge in [0.15, 0.2) is 6.29 Å². The van der Waals surface area contributed by atoms with Crippen molar-refractivity contribution in [2.24, 2.45) is 0 Å². The highest BCUT2D eigenvalue weighted by atomic mass is 16.7. The Hall–Kier alpha value is -0.890. The average molecular weight is 832 g/mol. The highest BCUT2D eigenvalue weighted by Crippen LogP contribution is 2.23. The van der Waals surface area contributed by atoms with Gasteiger partial charge in [0.2, 0.25) is 5.91 Å². The predicted molar refractivity (Wildman–Crippen MR) is 233 cm³/mol. The van der Waals surface area contributed by atoms with E-state index < -0.39 is 74.2 Å². The maximum atomic E-state index is 13.1. The molecule has 9 atom stereocenters. The van der Waals surface area contributed by atoms with Crippen molar-refractivity contribution in [2.45, 2.75) is 281 Å². The number of ether oxygens (including phenoxy) is 2. The largest absolute Gasteiger partial charge is 0.394 e. The number of rotatable bonds is 41.